The van der Waals surface area contributed by atoms with Crippen molar-refractivity contribution in [2.24, 2.45) is 0 Å². The maximum Gasteiger partial charge on any atom is 0.275 e. The Morgan fingerprint density at radius 3 is 2.48 bits per heavy atom. The fourth-order valence-corrected chi connectivity index (χ4v) is 3.96. The number of anilines is 3. The van der Waals surface area contributed by atoms with Crippen LogP contribution in [0.1, 0.15) is 0 Å². The smallest absolute Gasteiger partial charge is 0.275 e. The van der Waals surface area contributed by atoms with E-state index in [1.165, 1.54) is 10.8 Å². The Kier molecular flexibility index (Phi) is 5.62. The Morgan fingerprint density at radius 1 is 0.939 bits per heavy atom. The van der Waals surface area contributed by atoms with Gasteiger partial charge in [-0.1, -0.05) is 18.2 Å². The van der Waals surface area contributed by atoms with E-state index in [4.69, 9.17) is 4.74 Å². The first kappa shape index (κ1) is 20.9. The number of piperazine rings is 1. The van der Waals surface area contributed by atoms with Crippen LogP contribution < -0.4 is 20.5 Å². The molecule has 33 heavy (non-hydrogen) atoms. The third kappa shape index (κ3) is 4.22. The molecule has 1 N–H and O–H groups in total. The Balaban J connectivity index is 1.48. The summed E-state index contributed by atoms with van der Waals surface area (Å²) in [6.45, 7) is 4.02. The van der Waals surface area contributed by atoms with Crippen molar-refractivity contribution in [3.63, 3.8) is 0 Å². The first-order chi connectivity index (χ1) is 16.1. The van der Waals surface area contributed by atoms with Crippen LogP contribution in [-0.4, -0.2) is 64.8 Å². The molecule has 1 fully saturated rings. The highest BCUT2D eigenvalue weighted by Crippen LogP contribution is 2.32. The fourth-order valence-electron chi connectivity index (χ4n) is 3.96. The second-order valence-corrected chi connectivity index (χ2v) is 7.97. The molecule has 0 radical (unpaired) electrons. The predicted octanol–water partition coefficient (Wildman–Crippen LogP) is 2.68. The highest BCUT2D eigenvalue weighted by molar-refractivity contribution is 5.74. The molecule has 5 rings (SSSR count). The van der Waals surface area contributed by atoms with E-state index in [9.17, 15) is 4.79 Å². The Morgan fingerprint density at radius 2 is 1.73 bits per heavy atom. The molecule has 2 aromatic carbocycles. The van der Waals surface area contributed by atoms with Gasteiger partial charge in [0.2, 0.25) is 5.95 Å². The van der Waals surface area contributed by atoms with Gasteiger partial charge in [0.1, 0.15) is 11.3 Å². The van der Waals surface area contributed by atoms with E-state index >= 15 is 0 Å². The van der Waals surface area contributed by atoms with Crippen molar-refractivity contribution in [2.75, 3.05) is 50.6 Å². The normalized spacial score (nSPS) is 14.4. The van der Waals surface area contributed by atoms with E-state index in [1.54, 1.807) is 13.3 Å². The van der Waals surface area contributed by atoms with Gasteiger partial charge in [0.25, 0.3) is 5.56 Å². The van der Waals surface area contributed by atoms with Gasteiger partial charge in [-0.3, -0.25) is 9.36 Å². The number of nitrogens with zero attached hydrogens (tertiary/aromatic N) is 6. The van der Waals surface area contributed by atoms with Gasteiger partial charge in [-0.2, -0.15) is 4.98 Å². The first-order valence-corrected chi connectivity index (χ1v) is 10.8. The van der Waals surface area contributed by atoms with E-state index in [-0.39, 0.29) is 5.56 Å². The minimum atomic E-state index is -0.257. The minimum absolute atomic E-state index is 0.257. The van der Waals surface area contributed by atoms with Crippen LogP contribution in [0.5, 0.6) is 5.75 Å². The van der Waals surface area contributed by atoms with Gasteiger partial charge in [0.05, 0.1) is 30.9 Å². The average Bonchev–Trinajstić information content (AvgIpc) is 2.85. The van der Waals surface area contributed by atoms with Crippen LogP contribution in [0.4, 0.5) is 17.3 Å². The van der Waals surface area contributed by atoms with Crippen LogP contribution >= 0.6 is 0 Å². The molecule has 1 aliphatic heterocycles. The van der Waals surface area contributed by atoms with Gasteiger partial charge >= 0.3 is 0 Å². The monoisotopic (exact) mass is 443 g/mol. The molecule has 0 aliphatic carbocycles. The number of methoxy groups -OCH3 is 1. The zero-order valence-corrected chi connectivity index (χ0v) is 18.6. The maximum absolute atomic E-state index is 12.6. The zero-order chi connectivity index (χ0) is 22.8. The lowest BCUT2D eigenvalue weighted by Gasteiger charge is -2.34. The summed E-state index contributed by atoms with van der Waals surface area (Å²) in [5.41, 5.74) is 3.28. The summed E-state index contributed by atoms with van der Waals surface area (Å²) >= 11 is 0. The lowest BCUT2D eigenvalue weighted by atomic mass is 10.2. The molecule has 0 atom stereocenters. The van der Waals surface area contributed by atoms with E-state index in [1.807, 2.05) is 42.5 Å². The van der Waals surface area contributed by atoms with E-state index in [2.05, 4.69) is 43.2 Å². The van der Waals surface area contributed by atoms with Crippen molar-refractivity contribution in [3.8, 4) is 11.4 Å². The van der Waals surface area contributed by atoms with Gasteiger partial charge in [0, 0.05) is 37.9 Å². The molecule has 0 amide bonds. The number of ether oxygens (including phenoxy) is 1. The quantitative estimate of drug-likeness (QED) is 0.504. The van der Waals surface area contributed by atoms with Crippen molar-refractivity contribution < 1.29 is 4.74 Å². The standard InChI is InChI=1S/C24H25N7O2/c1-29-10-12-30(13-11-29)18-8-9-19(21(14-18)33-2)27-24-26-15-20-23(28-24)31(22(32)16-25-20)17-6-4-3-5-7-17/h3-9,14-16H,10-13H2,1-2H3,(H,26,27,28). The third-order valence-electron chi connectivity index (χ3n) is 5.81. The van der Waals surface area contributed by atoms with Crippen LogP contribution in [0.15, 0.2) is 65.7 Å². The number of nitrogens with one attached hydrogen (secondary N) is 1. The first-order valence-electron chi connectivity index (χ1n) is 10.8. The average molecular weight is 444 g/mol. The van der Waals surface area contributed by atoms with Crippen LogP contribution in [-0.2, 0) is 0 Å². The summed E-state index contributed by atoms with van der Waals surface area (Å²) in [6, 6.07) is 15.4. The summed E-state index contributed by atoms with van der Waals surface area (Å²) < 4.78 is 7.18. The van der Waals surface area contributed by atoms with Crippen LogP contribution in [0, 0.1) is 0 Å². The van der Waals surface area contributed by atoms with Crippen LogP contribution in [0.2, 0.25) is 0 Å². The molecule has 0 unspecified atom stereocenters. The molecule has 1 aliphatic rings. The molecule has 1 saturated heterocycles. The van der Waals surface area contributed by atoms with Crippen molar-refractivity contribution in [2.45, 2.75) is 0 Å². The summed E-state index contributed by atoms with van der Waals surface area (Å²) in [6.07, 6.45) is 2.89. The highest BCUT2D eigenvalue weighted by atomic mass is 16.5. The summed E-state index contributed by atoms with van der Waals surface area (Å²) in [7, 11) is 3.79. The Bertz CT molecular complexity index is 1330. The van der Waals surface area contributed by atoms with Crippen LogP contribution in [0.25, 0.3) is 16.9 Å². The van der Waals surface area contributed by atoms with Crippen LogP contribution in [0.3, 0.4) is 0 Å². The van der Waals surface area contributed by atoms with Crippen molar-refractivity contribution >= 4 is 28.5 Å². The number of para-hydroxylation sites is 1. The van der Waals surface area contributed by atoms with E-state index in [0.29, 0.717) is 28.5 Å². The third-order valence-corrected chi connectivity index (χ3v) is 5.81. The molecular weight excluding hydrogens is 418 g/mol. The van der Waals surface area contributed by atoms with Gasteiger partial charge in [-0.25, -0.2) is 9.97 Å². The van der Waals surface area contributed by atoms with Crippen molar-refractivity contribution in [1.29, 1.82) is 0 Å². The Hall–Kier alpha value is -3.98. The van der Waals surface area contributed by atoms with Gasteiger partial charge < -0.3 is 19.9 Å². The molecule has 0 spiro atoms. The van der Waals surface area contributed by atoms with Gasteiger partial charge in [0.15, 0.2) is 5.65 Å². The molecule has 9 heteroatoms. The number of aromatic nitrogens is 4. The summed E-state index contributed by atoms with van der Waals surface area (Å²) in [5.74, 6) is 1.05. The fraction of sp³-hybridized carbons (Fsp3) is 0.250. The number of benzene rings is 2. The lowest BCUT2D eigenvalue weighted by molar-refractivity contribution is 0.312. The second kappa shape index (κ2) is 8.87. The topological polar surface area (TPSA) is 88.4 Å². The molecule has 0 saturated carbocycles. The molecule has 0 bridgehead atoms. The number of rotatable bonds is 5. The molecule has 168 valence electrons. The predicted molar refractivity (Wildman–Crippen MR) is 129 cm³/mol. The van der Waals surface area contributed by atoms with Crippen molar-refractivity contribution in [1.82, 2.24) is 24.4 Å². The van der Waals surface area contributed by atoms with Gasteiger partial charge in [-0.05, 0) is 31.3 Å². The number of hydrogen-bond donors (Lipinski definition) is 1. The van der Waals surface area contributed by atoms with Gasteiger partial charge in [-0.15, -0.1) is 0 Å². The summed E-state index contributed by atoms with van der Waals surface area (Å²) in [4.78, 5) is 30.5. The Labute approximate surface area is 191 Å². The highest BCUT2D eigenvalue weighted by Gasteiger charge is 2.17. The number of hydrogen-bond acceptors (Lipinski definition) is 8. The lowest BCUT2D eigenvalue weighted by Crippen LogP contribution is -2.44. The summed E-state index contributed by atoms with van der Waals surface area (Å²) in [5, 5.41) is 3.23. The molecule has 9 nitrogen and oxygen atoms in total. The molecule has 4 aromatic rings. The molecule has 2 aromatic heterocycles. The minimum Gasteiger partial charge on any atom is -0.494 e. The number of fused-ring (bicyclic) bond motifs is 1. The van der Waals surface area contributed by atoms with E-state index < -0.39 is 0 Å². The zero-order valence-electron chi connectivity index (χ0n) is 18.6. The SMILES string of the molecule is COc1cc(N2CCN(C)CC2)ccc1Nc1ncc2ncc(=O)n(-c3ccccc3)c2n1. The number of likely N-dealkylation sites (N-methyl/N-ethyl adjacent to an activating group) is 1. The molecule has 3 heterocycles. The second-order valence-electron chi connectivity index (χ2n) is 7.97. The maximum atomic E-state index is 12.6. The van der Waals surface area contributed by atoms with Crippen molar-refractivity contribution in [3.05, 3.63) is 71.3 Å². The largest absolute Gasteiger partial charge is 0.494 e. The van der Waals surface area contributed by atoms with E-state index in [0.717, 1.165) is 37.6 Å². The molecular formula is C24H25N7O2.